The van der Waals surface area contributed by atoms with Crippen LogP contribution >= 0.6 is 22.9 Å². The van der Waals surface area contributed by atoms with Gasteiger partial charge in [0, 0.05) is 16.7 Å². The summed E-state index contributed by atoms with van der Waals surface area (Å²) in [6.45, 7) is 2.36. The number of halogens is 1. The van der Waals surface area contributed by atoms with Gasteiger partial charge in [-0.25, -0.2) is 9.78 Å². The molecule has 1 atom stereocenters. The van der Waals surface area contributed by atoms with Crippen LogP contribution in [0.3, 0.4) is 0 Å². The quantitative estimate of drug-likeness (QED) is 0.190. The number of azo groups is 1. The molecule has 2 aromatic heterocycles. The van der Waals surface area contributed by atoms with E-state index in [4.69, 9.17) is 25.8 Å². The fourth-order valence-corrected chi connectivity index (χ4v) is 4.95. The van der Waals surface area contributed by atoms with Gasteiger partial charge in [-0.05, 0) is 43.3 Å². The van der Waals surface area contributed by atoms with Crippen molar-refractivity contribution in [2.24, 2.45) is 10.2 Å². The van der Waals surface area contributed by atoms with E-state index in [0.717, 1.165) is 27.3 Å². The van der Waals surface area contributed by atoms with Crippen molar-refractivity contribution in [1.29, 1.82) is 0 Å². The zero-order valence-electron chi connectivity index (χ0n) is 19.4. The lowest BCUT2D eigenvalue weighted by Gasteiger charge is -2.16. The van der Waals surface area contributed by atoms with Crippen LogP contribution in [0.15, 0.2) is 89.2 Å². The average molecular weight is 521 g/mol. The van der Waals surface area contributed by atoms with Crippen LogP contribution in [-0.4, -0.2) is 29.2 Å². The van der Waals surface area contributed by atoms with Crippen LogP contribution < -0.4 is 4.74 Å². The van der Waals surface area contributed by atoms with Crippen LogP contribution in [-0.2, 0) is 9.47 Å². The lowest BCUT2D eigenvalue weighted by molar-refractivity contribution is 0.0600. The van der Waals surface area contributed by atoms with E-state index in [1.54, 1.807) is 24.7 Å². The van der Waals surface area contributed by atoms with E-state index in [0.29, 0.717) is 27.9 Å². The van der Waals surface area contributed by atoms with Crippen molar-refractivity contribution in [2.75, 3.05) is 13.7 Å². The average Bonchev–Trinajstić information content (AvgIpc) is 3.51. The van der Waals surface area contributed by atoms with Gasteiger partial charge in [0.05, 0.1) is 35.8 Å². The Bertz CT molecular complexity index is 1520. The molecule has 0 unspecified atom stereocenters. The van der Waals surface area contributed by atoms with Crippen molar-refractivity contribution in [1.82, 2.24) is 9.55 Å². The summed E-state index contributed by atoms with van der Waals surface area (Å²) in [7, 11) is 1.35. The van der Waals surface area contributed by atoms with Crippen LogP contribution in [0.4, 0.5) is 5.69 Å². The first-order valence-electron chi connectivity index (χ1n) is 11.0. The second-order valence-electron chi connectivity index (χ2n) is 7.80. The smallest absolute Gasteiger partial charge is 0.351 e. The summed E-state index contributed by atoms with van der Waals surface area (Å²) in [5, 5.41) is 9.88. The second-order valence-corrected chi connectivity index (χ2v) is 9.24. The minimum absolute atomic E-state index is 0.358. The maximum atomic E-state index is 12.5. The third-order valence-electron chi connectivity index (χ3n) is 5.48. The van der Waals surface area contributed by atoms with E-state index in [1.807, 2.05) is 60.0 Å². The van der Waals surface area contributed by atoms with Gasteiger partial charge < -0.3 is 14.2 Å². The number of thiophene rings is 1. The number of imidazole rings is 1. The van der Waals surface area contributed by atoms with E-state index in [1.165, 1.54) is 18.4 Å². The number of carbonyl (C=O) groups excluding carboxylic acids is 1. The van der Waals surface area contributed by atoms with Gasteiger partial charge in [-0.1, -0.05) is 29.8 Å². The molecule has 182 valence electrons. The highest BCUT2D eigenvalue weighted by molar-refractivity contribution is 7.16. The van der Waals surface area contributed by atoms with E-state index < -0.39 is 5.97 Å². The van der Waals surface area contributed by atoms with Crippen LogP contribution in [0.1, 0.15) is 28.3 Å². The van der Waals surface area contributed by atoms with E-state index in [9.17, 15) is 4.79 Å². The summed E-state index contributed by atoms with van der Waals surface area (Å²) in [6, 6.07) is 14.9. The lowest BCUT2D eigenvalue weighted by Crippen LogP contribution is -2.07. The Labute approximate surface area is 216 Å². The van der Waals surface area contributed by atoms with Crippen molar-refractivity contribution in [3.63, 3.8) is 0 Å². The number of hydrogen-bond acceptors (Lipinski definition) is 8. The fraction of sp³-hybridized carbons (Fsp3) is 0.154. The summed E-state index contributed by atoms with van der Waals surface area (Å²) in [4.78, 5) is 17.4. The fourth-order valence-electron chi connectivity index (χ4n) is 3.67. The number of aromatic nitrogens is 2. The van der Waals surface area contributed by atoms with Gasteiger partial charge in [-0.15, -0.1) is 11.3 Å². The summed E-state index contributed by atoms with van der Waals surface area (Å²) < 4.78 is 18.2. The number of allylic oxidation sites excluding steroid dienone is 1. The minimum atomic E-state index is -0.476. The number of fused-ring (bicyclic) bond motifs is 1. The van der Waals surface area contributed by atoms with Gasteiger partial charge in [0.25, 0.3) is 0 Å². The molecule has 0 fully saturated rings. The van der Waals surface area contributed by atoms with Crippen LogP contribution in [0.25, 0.3) is 16.0 Å². The molecule has 36 heavy (non-hydrogen) atoms. The molecular formula is C26H21ClN4O4S. The van der Waals surface area contributed by atoms with Gasteiger partial charge in [0.15, 0.2) is 4.88 Å². The highest BCUT2D eigenvalue weighted by Crippen LogP contribution is 2.38. The predicted molar refractivity (Wildman–Crippen MR) is 138 cm³/mol. The number of methoxy groups -OCH3 is 1. The SMILES string of the molecule is COC(=O)c1sc(-n2cnc3cc(N=NC4=CCOC=C4)ccc32)cc1O[C@H](C)c1ccccc1Cl. The molecule has 0 amide bonds. The first-order chi connectivity index (χ1) is 17.5. The first kappa shape index (κ1) is 23.8. The summed E-state index contributed by atoms with van der Waals surface area (Å²) in [5.74, 6) is -0.0597. The minimum Gasteiger partial charge on any atom is -0.497 e. The Hall–Kier alpha value is -3.95. The van der Waals surface area contributed by atoms with Crippen molar-refractivity contribution in [2.45, 2.75) is 13.0 Å². The van der Waals surface area contributed by atoms with Gasteiger partial charge in [0.2, 0.25) is 0 Å². The van der Waals surface area contributed by atoms with E-state index in [2.05, 4.69) is 15.2 Å². The monoisotopic (exact) mass is 520 g/mol. The summed E-state index contributed by atoms with van der Waals surface area (Å²) >= 11 is 7.60. The Kier molecular flexibility index (Phi) is 6.84. The standard InChI is InChI=1S/C26H21ClN4O4S/c1-16(19-5-3-4-6-20(19)27)35-23-14-24(36-25(23)26(32)33-2)31-15-28-21-13-18(7-8-22(21)31)30-29-17-9-11-34-12-10-17/h3-11,13-16H,12H2,1-2H3/t16-/m1/s1. The van der Waals surface area contributed by atoms with Crippen LogP contribution in [0.2, 0.25) is 5.02 Å². The molecule has 2 aromatic carbocycles. The molecule has 4 aromatic rings. The summed E-state index contributed by atoms with van der Waals surface area (Å²) in [5.41, 5.74) is 3.82. The van der Waals surface area contributed by atoms with E-state index in [-0.39, 0.29) is 6.10 Å². The molecule has 0 saturated carbocycles. The molecule has 0 N–H and O–H groups in total. The zero-order chi connectivity index (χ0) is 25.1. The molecule has 3 heterocycles. The number of nitrogens with zero attached hydrogens (tertiary/aromatic N) is 4. The molecule has 0 spiro atoms. The maximum absolute atomic E-state index is 12.5. The van der Waals surface area contributed by atoms with Gasteiger partial charge >= 0.3 is 5.97 Å². The molecule has 10 heteroatoms. The van der Waals surface area contributed by atoms with Crippen molar-refractivity contribution in [3.05, 3.63) is 94.4 Å². The zero-order valence-corrected chi connectivity index (χ0v) is 21.0. The Morgan fingerprint density at radius 1 is 1.22 bits per heavy atom. The molecule has 5 rings (SSSR count). The third kappa shape index (κ3) is 4.89. The molecule has 0 aliphatic carbocycles. The van der Waals surface area contributed by atoms with Gasteiger partial charge in [0.1, 0.15) is 29.8 Å². The molecular weight excluding hydrogens is 500 g/mol. The maximum Gasteiger partial charge on any atom is 0.351 e. The first-order valence-corrected chi connectivity index (χ1v) is 12.2. The topological polar surface area (TPSA) is 87.3 Å². The summed E-state index contributed by atoms with van der Waals surface area (Å²) in [6.07, 6.45) is 6.51. The van der Waals surface area contributed by atoms with Gasteiger partial charge in [-0.3, -0.25) is 4.57 Å². The van der Waals surface area contributed by atoms with E-state index >= 15 is 0 Å². The van der Waals surface area contributed by atoms with Crippen LogP contribution in [0, 0.1) is 0 Å². The predicted octanol–water partition coefficient (Wildman–Crippen LogP) is 7.18. The number of esters is 1. The normalized spacial score (nSPS) is 14.0. The number of hydrogen-bond donors (Lipinski definition) is 0. The number of benzene rings is 2. The van der Waals surface area contributed by atoms with Gasteiger partial charge in [-0.2, -0.15) is 10.2 Å². The number of carbonyl (C=O) groups is 1. The Morgan fingerprint density at radius 2 is 2.08 bits per heavy atom. The highest BCUT2D eigenvalue weighted by Gasteiger charge is 2.23. The van der Waals surface area contributed by atoms with Crippen molar-refractivity contribution in [3.8, 4) is 10.8 Å². The number of rotatable bonds is 7. The molecule has 8 nitrogen and oxygen atoms in total. The Morgan fingerprint density at radius 3 is 2.86 bits per heavy atom. The largest absolute Gasteiger partial charge is 0.497 e. The highest BCUT2D eigenvalue weighted by atomic mass is 35.5. The van der Waals surface area contributed by atoms with Crippen molar-refractivity contribution < 1.29 is 19.0 Å². The molecule has 0 radical (unpaired) electrons. The Balaban J connectivity index is 1.45. The molecule has 1 aliphatic rings. The number of ether oxygens (including phenoxy) is 3. The molecule has 0 bridgehead atoms. The lowest BCUT2D eigenvalue weighted by atomic mass is 10.1. The molecule has 1 aliphatic heterocycles. The van der Waals surface area contributed by atoms with Crippen LogP contribution in [0.5, 0.6) is 5.75 Å². The molecule has 0 saturated heterocycles. The third-order valence-corrected chi connectivity index (χ3v) is 6.92. The second kappa shape index (κ2) is 10.3. The van der Waals surface area contributed by atoms with Crippen molar-refractivity contribution >= 4 is 45.6 Å².